The molecule has 1 heterocycles. The minimum atomic E-state index is -3.34. The van der Waals surface area contributed by atoms with E-state index in [9.17, 15) is 8.42 Å². The van der Waals surface area contributed by atoms with Crippen LogP contribution in [-0.4, -0.2) is 33.6 Å². The van der Waals surface area contributed by atoms with Gasteiger partial charge in [-0.2, -0.15) is 0 Å². The fourth-order valence-electron chi connectivity index (χ4n) is 2.58. The van der Waals surface area contributed by atoms with Crippen LogP contribution in [0.5, 0.6) is 0 Å². The van der Waals surface area contributed by atoms with Crippen molar-refractivity contribution in [1.82, 2.24) is 10.0 Å². The molecule has 3 rings (SSSR count). The number of nitrogens with one attached hydrogen (secondary N) is 3. The number of hydrogen-bond acceptors (Lipinski definition) is 4. The molecule has 1 saturated carbocycles. The molecule has 0 bridgehead atoms. The normalized spacial score (nSPS) is 23.0. The molecular weight excluding hydrogens is 286 g/mol. The first-order valence-corrected chi connectivity index (χ1v) is 9.21. The maximum absolute atomic E-state index is 12.1. The third-order valence-corrected chi connectivity index (χ3v) is 5.57. The lowest BCUT2D eigenvalue weighted by Gasteiger charge is -2.24. The largest absolute Gasteiger partial charge is 0.383 e. The Labute approximate surface area is 126 Å². The average molecular weight is 309 g/mol. The fraction of sp³-hybridized carbons (Fsp3) is 0.600. The molecule has 21 heavy (non-hydrogen) atoms. The Kier molecular flexibility index (Phi) is 4.47. The summed E-state index contributed by atoms with van der Waals surface area (Å²) < 4.78 is 26.8. The summed E-state index contributed by atoms with van der Waals surface area (Å²) in [6.45, 7) is 1.97. The molecule has 1 aliphatic carbocycles. The Balaban J connectivity index is 1.55. The van der Waals surface area contributed by atoms with E-state index in [1.807, 2.05) is 12.1 Å². The van der Waals surface area contributed by atoms with Gasteiger partial charge in [0.05, 0.1) is 4.90 Å². The summed E-state index contributed by atoms with van der Waals surface area (Å²) in [4.78, 5) is 0.343. The van der Waals surface area contributed by atoms with Crippen LogP contribution in [-0.2, 0) is 10.0 Å². The Morgan fingerprint density at radius 3 is 2.48 bits per heavy atom. The molecule has 1 aliphatic heterocycles. The standard InChI is InChI=1S/C15H23N3O2S/c19-21(20,18-13-4-5-13)15-8-6-12(7-9-15)17-11-14-3-1-2-10-16-14/h6-9,13-14,16-18H,1-5,10-11H2. The summed E-state index contributed by atoms with van der Waals surface area (Å²) >= 11 is 0. The molecule has 3 N–H and O–H groups in total. The topological polar surface area (TPSA) is 70.2 Å². The highest BCUT2D eigenvalue weighted by Crippen LogP contribution is 2.22. The first-order valence-electron chi connectivity index (χ1n) is 7.73. The number of benzene rings is 1. The number of sulfonamides is 1. The van der Waals surface area contributed by atoms with Crippen LogP contribution < -0.4 is 15.4 Å². The molecule has 116 valence electrons. The highest BCUT2D eigenvalue weighted by atomic mass is 32.2. The van der Waals surface area contributed by atoms with Crippen LogP contribution in [0.4, 0.5) is 5.69 Å². The predicted octanol–water partition coefficient (Wildman–Crippen LogP) is 1.68. The molecule has 1 saturated heterocycles. The maximum Gasteiger partial charge on any atom is 0.240 e. The van der Waals surface area contributed by atoms with E-state index >= 15 is 0 Å². The Morgan fingerprint density at radius 2 is 1.86 bits per heavy atom. The summed E-state index contributed by atoms with van der Waals surface area (Å²) in [6, 6.07) is 7.67. The summed E-state index contributed by atoms with van der Waals surface area (Å²) in [6.07, 6.45) is 5.64. The van der Waals surface area contributed by atoms with Crippen molar-refractivity contribution in [2.24, 2.45) is 0 Å². The molecule has 0 aromatic heterocycles. The van der Waals surface area contributed by atoms with Gasteiger partial charge < -0.3 is 10.6 Å². The van der Waals surface area contributed by atoms with E-state index in [0.717, 1.165) is 31.6 Å². The number of piperidine rings is 1. The van der Waals surface area contributed by atoms with E-state index in [4.69, 9.17) is 0 Å². The van der Waals surface area contributed by atoms with Crippen LogP contribution in [0.1, 0.15) is 32.1 Å². The van der Waals surface area contributed by atoms with E-state index in [1.165, 1.54) is 19.3 Å². The SMILES string of the molecule is O=S(=O)(NC1CC1)c1ccc(NCC2CCCCN2)cc1. The van der Waals surface area contributed by atoms with Crippen LogP contribution in [0, 0.1) is 0 Å². The average Bonchev–Trinajstić information content (AvgIpc) is 3.30. The van der Waals surface area contributed by atoms with Gasteiger partial charge in [-0.05, 0) is 56.5 Å². The van der Waals surface area contributed by atoms with Gasteiger partial charge in [0.1, 0.15) is 0 Å². The van der Waals surface area contributed by atoms with Crippen molar-refractivity contribution in [3.8, 4) is 0 Å². The molecular formula is C15H23N3O2S. The summed E-state index contributed by atoms with van der Waals surface area (Å²) in [5.41, 5.74) is 0.966. The highest BCUT2D eigenvalue weighted by molar-refractivity contribution is 7.89. The van der Waals surface area contributed by atoms with Crippen LogP contribution in [0.2, 0.25) is 0 Å². The molecule has 0 spiro atoms. The summed E-state index contributed by atoms with van der Waals surface area (Å²) in [7, 11) is -3.34. The zero-order valence-electron chi connectivity index (χ0n) is 12.1. The molecule has 1 atom stereocenters. The van der Waals surface area contributed by atoms with E-state index in [0.29, 0.717) is 10.9 Å². The first-order chi connectivity index (χ1) is 10.1. The van der Waals surface area contributed by atoms with E-state index in [1.54, 1.807) is 12.1 Å². The molecule has 0 radical (unpaired) electrons. The van der Waals surface area contributed by atoms with Gasteiger partial charge in [0.15, 0.2) is 0 Å². The number of anilines is 1. The minimum absolute atomic E-state index is 0.144. The second-order valence-corrected chi connectivity index (χ2v) is 7.66. The second kappa shape index (κ2) is 6.34. The van der Waals surface area contributed by atoms with Crippen molar-refractivity contribution in [3.05, 3.63) is 24.3 Å². The van der Waals surface area contributed by atoms with E-state index in [2.05, 4.69) is 15.4 Å². The Bertz CT molecular complexity index is 561. The van der Waals surface area contributed by atoms with Crippen molar-refractivity contribution in [1.29, 1.82) is 0 Å². The monoisotopic (exact) mass is 309 g/mol. The fourth-order valence-corrected chi connectivity index (χ4v) is 3.88. The zero-order chi connectivity index (χ0) is 14.7. The van der Waals surface area contributed by atoms with Crippen LogP contribution in [0.15, 0.2) is 29.2 Å². The quantitative estimate of drug-likeness (QED) is 0.748. The molecule has 1 unspecified atom stereocenters. The zero-order valence-corrected chi connectivity index (χ0v) is 13.0. The first kappa shape index (κ1) is 14.8. The molecule has 1 aromatic carbocycles. The van der Waals surface area contributed by atoms with Crippen molar-refractivity contribution in [3.63, 3.8) is 0 Å². The van der Waals surface area contributed by atoms with Gasteiger partial charge in [0, 0.05) is 24.3 Å². The molecule has 2 aliphatic rings. The Morgan fingerprint density at radius 1 is 1.10 bits per heavy atom. The van der Waals surface area contributed by atoms with Crippen molar-refractivity contribution in [2.75, 3.05) is 18.4 Å². The van der Waals surface area contributed by atoms with Gasteiger partial charge in [-0.1, -0.05) is 6.42 Å². The predicted molar refractivity (Wildman–Crippen MR) is 83.9 cm³/mol. The highest BCUT2D eigenvalue weighted by Gasteiger charge is 2.27. The molecule has 6 heteroatoms. The van der Waals surface area contributed by atoms with Gasteiger partial charge in [-0.3, -0.25) is 0 Å². The molecule has 2 fully saturated rings. The third kappa shape index (κ3) is 4.18. The third-order valence-electron chi connectivity index (χ3n) is 4.03. The van der Waals surface area contributed by atoms with E-state index < -0.39 is 10.0 Å². The van der Waals surface area contributed by atoms with Crippen LogP contribution in [0.3, 0.4) is 0 Å². The van der Waals surface area contributed by atoms with Crippen molar-refractivity contribution >= 4 is 15.7 Å². The smallest absolute Gasteiger partial charge is 0.240 e. The number of rotatable bonds is 6. The van der Waals surface area contributed by atoms with Gasteiger partial charge >= 0.3 is 0 Å². The number of hydrogen-bond donors (Lipinski definition) is 3. The lowest BCUT2D eigenvalue weighted by molar-refractivity contribution is 0.414. The second-order valence-electron chi connectivity index (χ2n) is 5.95. The Hall–Kier alpha value is -1.11. The van der Waals surface area contributed by atoms with Crippen molar-refractivity contribution < 1.29 is 8.42 Å². The lowest BCUT2D eigenvalue weighted by Crippen LogP contribution is -2.39. The lowest BCUT2D eigenvalue weighted by atomic mass is 10.1. The van der Waals surface area contributed by atoms with Crippen LogP contribution >= 0.6 is 0 Å². The van der Waals surface area contributed by atoms with Gasteiger partial charge in [0.25, 0.3) is 0 Å². The summed E-state index contributed by atoms with van der Waals surface area (Å²) in [5.74, 6) is 0. The molecule has 1 aromatic rings. The molecule has 5 nitrogen and oxygen atoms in total. The van der Waals surface area contributed by atoms with Gasteiger partial charge in [-0.25, -0.2) is 13.1 Å². The van der Waals surface area contributed by atoms with Crippen LogP contribution in [0.25, 0.3) is 0 Å². The molecule has 0 amide bonds. The summed E-state index contributed by atoms with van der Waals surface area (Å²) in [5, 5.41) is 6.85. The van der Waals surface area contributed by atoms with Gasteiger partial charge in [-0.15, -0.1) is 0 Å². The maximum atomic E-state index is 12.1. The van der Waals surface area contributed by atoms with E-state index in [-0.39, 0.29) is 6.04 Å². The minimum Gasteiger partial charge on any atom is -0.383 e. The van der Waals surface area contributed by atoms with Gasteiger partial charge in [0.2, 0.25) is 10.0 Å². The van der Waals surface area contributed by atoms with Crippen molar-refractivity contribution in [2.45, 2.75) is 49.1 Å².